The number of ketones is 1. The molecule has 6 heteroatoms. The lowest BCUT2D eigenvalue weighted by Gasteiger charge is -2.25. The number of phenolic OH excluding ortho intramolecular Hbond substituents is 1. The third-order valence-electron chi connectivity index (χ3n) is 4.15. The van der Waals surface area contributed by atoms with E-state index in [2.05, 4.69) is 0 Å². The second kappa shape index (κ2) is 6.13. The highest BCUT2D eigenvalue weighted by Crippen LogP contribution is 2.40. The van der Waals surface area contributed by atoms with Crippen LogP contribution in [0.2, 0.25) is 0 Å². The fourth-order valence-electron chi connectivity index (χ4n) is 3.28. The number of fused-ring (bicyclic) bond motifs is 1. The van der Waals surface area contributed by atoms with Crippen molar-refractivity contribution in [2.45, 2.75) is 38.7 Å². The number of phenols is 1. The number of benzene rings is 1. The zero-order valence-electron chi connectivity index (χ0n) is 13.2. The number of Topliss-reactive ketones (excluding diaryl/α,β-unsaturated/α-hetero) is 1. The molecule has 0 spiro atoms. The molecule has 0 saturated heterocycles. The third-order valence-corrected chi connectivity index (χ3v) is 4.15. The van der Waals surface area contributed by atoms with Crippen LogP contribution in [0.1, 0.15) is 41.3 Å². The van der Waals surface area contributed by atoms with Gasteiger partial charge in [-0.3, -0.25) is 4.79 Å². The normalized spacial score (nSPS) is 16.9. The minimum Gasteiger partial charge on any atom is -0.508 e. The number of carbonyl (C=O) groups excluding carboxylic acids is 1. The molecule has 0 aliphatic heterocycles. The monoisotopic (exact) mass is 330 g/mol. The molecule has 3 rings (SSSR count). The highest BCUT2D eigenvalue weighted by atomic mass is 16.4. The second-order valence-corrected chi connectivity index (χ2v) is 6.02. The molecule has 1 heterocycles. The van der Waals surface area contributed by atoms with Crippen LogP contribution in [0.5, 0.6) is 11.5 Å². The van der Waals surface area contributed by atoms with Gasteiger partial charge < -0.3 is 19.7 Å². The molecule has 1 aliphatic carbocycles. The first-order valence-corrected chi connectivity index (χ1v) is 7.84. The van der Waals surface area contributed by atoms with Gasteiger partial charge in [0.15, 0.2) is 5.78 Å². The molecular formula is C18H18O6. The SMILES string of the molecule is CCCc1cc(O)c2c(c1-c1cc(O)cc(=O)o1)C[C@H](O)CC2=O. The van der Waals surface area contributed by atoms with E-state index in [1.54, 1.807) is 0 Å². The molecule has 0 saturated carbocycles. The Balaban J connectivity index is 2.35. The summed E-state index contributed by atoms with van der Waals surface area (Å²) in [4.78, 5) is 23.9. The number of hydrogen-bond acceptors (Lipinski definition) is 6. The van der Waals surface area contributed by atoms with Gasteiger partial charge in [-0.2, -0.15) is 0 Å². The first kappa shape index (κ1) is 16.3. The lowest BCUT2D eigenvalue weighted by Crippen LogP contribution is -2.25. The molecule has 0 unspecified atom stereocenters. The Labute approximate surface area is 138 Å². The number of aliphatic hydroxyl groups excluding tert-OH is 1. The second-order valence-electron chi connectivity index (χ2n) is 6.02. The van der Waals surface area contributed by atoms with Gasteiger partial charge in [0.1, 0.15) is 17.3 Å². The molecule has 2 aromatic rings. The summed E-state index contributed by atoms with van der Waals surface area (Å²) in [5.41, 5.74) is 1.09. The van der Waals surface area contributed by atoms with Gasteiger partial charge in [-0.1, -0.05) is 13.3 Å². The molecule has 0 radical (unpaired) electrons. The molecule has 1 aliphatic rings. The van der Waals surface area contributed by atoms with Crippen molar-refractivity contribution >= 4 is 5.78 Å². The first-order chi connectivity index (χ1) is 11.4. The Morgan fingerprint density at radius 1 is 1.12 bits per heavy atom. The number of rotatable bonds is 3. The summed E-state index contributed by atoms with van der Waals surface area (Å²) >= 11 is 0. The van der Waals surface area contributed by atoms with Crippen molar-refractivity contribution in [3.8, 4) is 22.8 Å². The van der Waals surface area contributed by atoms with E-state index in [9.17, 15) is 24.9 Å². The molecule has 1 aromatic carbocycles. The average molecular weight is 330 g/mol. The van der Waals surface area contributed by atoms with Gasteiger partial charge in [0, 0.05) is 24.5 Å². The molecule has 3 N–H and O–H groups in total. The van der Waals surface area contributed by atoms with Crippen molar-refractivity contribution in [2.75, 3.05) is 0 Å². The topological polar surface area (TPSA) is 108 Å². The maximum atomic E-state index is 12.2. The molecule has 6 nitrogen and oxygen atoms in total. The number of aromatic hydroxyl groups is 2. The van der Waals surface area contributed by atoms with E-state index < -0.39 is 11.7 Å². The van der Waals surface area contributed by atoms with Crippen LogP contribution < -0.4 is 5.63 Å². The molecule has 0 fully saturated rings. The standard InChI is InChI=1S/C18H18O6/c1-2-3-9-4-13(21)18-12(5-10(19)6-14(18)22)17(9)15-7-11(20)8-16(23)24-15/h4,7-8,10,19-21H,2-3,5-6H2,1H3/t10-/m0/s1. The highest BCUT2D eigenvalue weighted by molar-refractivity contribution is 6.03. The van der Waals surface area contributed by atoms with Crippen molar-refractivity contribution in [3.05, 3.63) is 45.3 Å². The minimum atomic E-state index is -0.857. The zero-order chi connectivity index (χ0) is 17.4. The highest BCUT2D eigenvalue weighted by Gasteiger charge is 2.31. The van der Waals surface area contributed by atoms with E-state index in [-0.39, 0.29) is 41.4 Å². The molecule has 0 bridgehead atoms. The smallest absolute Gasteiger partial charge is 0.339 e. The molecule has 126 valence electrons. The van der Waals surface area contributed by atoms with E-state index in [1.165, 1.54) is 12.1 Å². The maximum absolute atomic E-state index is 12.2. The molecule has 0 amide bonds. The van der Waals surface area contributed by atoms with Crippen molar-refractivity contribution in [2.24, 2.45) is 0 Å². The predicted octanol–water partition coefficient (Wildman–Crippen LogP) is 2.16. The van der Waals surface area contributed by atoms with Gasteiger partial charge in [0.25, 0.3) is 0 Å². The molecule has 1 aromatic heterocycles. The number of aliphatic hydroxyl groups is 1. The Hall–Kier alpha value is -2.60. The Kier molecular flexibility index (Phi) is 4.15. The van der Waals surface area contributed by atoms with Crippen LogP contribution in [-0.4, -0.2) is 27.2 Å². The zero-order valence-corrected chi connectivity index (χ0v) is 13.2. The third kappa shape index (κ3) is 2.80. The number of hydrogen-bond donors (Lipinski definition) is 3. The van der Waals surface area contributed by atoms with Crippen LogP contribution in [0.3, 0.4) is 0 Å². The average Bonchev–Trinajstić information content (AvgIpc) is 2.45. The van der Waals surface area contributed by atoms with Crippen LogP contribution in [-0.2, 0) is 12.8 Å². The lowest BCUT2D eigenvalue weighted by molar-refractivity contribution is 0.0850. The van der Waals surface area contributed by atoms with Crippen LogP contribution >= 0.6 is 0 Å². The van der Waals surface area contributed by atoms with Gasteiger partial charge in [0.2, 0.25) is 0 Å². The maximum Gasteiger partial charge on any atom is 0.339 e. The number of carbonyl (C=O) groups is 1. The molecule has 24 heavy (non-hydrogen) atoms. The van der Waals surface area contributed by atoms with Crippen molar-refractivity contribution in [1.82, 2.24) is 0 Å². The van der Waals surface area contributed by atoms with Gasteiger partial charge in [-0.25, -0.2) is 4.79 Å². The fraction of sp³-hybridized carbons (Fsp3) is 0.333. The summed E-state index contributed by atoms with van der Waals surface area (Å²) in [6.07, 6.45) is 0.604. The van der Waals surface area contributed by atoms with E-state index in [0.717, 1.165) is 12.5 Å². The summed E-state index contributed by atoms with van der Waals surface area (Å²) in [6, 6.07) is 3.76. The van der Waals surface area contributed by atoms with Crippen molar-refractivity contribution in [1.29, 1.82) is 0 Å². The predicted molar refractivity (Wildman–Crippen MR) is 86.4 cm³/mol. The summed E-state index contributed by atoms with van der Waals surface area (Å²) < 4.78 is 5.22. The van der Waals surface area contributed by atoms with E-state index in [0.29, 0.717) is 23.1 Å². The van der Waals surface area contributed by atoms with Crippen LogP contribution in [0, 0.1) is 0 Å². The Morgan fingerprint density at radius 3 is 2.54 bits per heavy atom. The van der Waals surface area contributed by atoms with Gasteiger partial charge in [0.05, 0.1) is 17.7 Å². The summed E-state index contributed by atoms with van der Waals surface area (Å²) in [7, 11) is 0. The van der Waals surface area contributed by atoms with Crippen molar-refractivity contribution < 1.29 is 24.5 Å². The first-order valence-electron chi connectivity index (χ1n) is 7.84. The summed E-state index contributed by atoms with van der Waals surface area (Å²) in [6.45, 7) is 1.96. The van der Waals surface area contributed by atoms with Crippen LogP contribution in [0.25, 0.3) is 11.3 Å². The van der Waals surface area contributed by atoms with E-state index >= 15 is 0 Å². The number of aryl methyl sites for hydroxylation is 1. The summed E-state index contributed by atoms with van der Waals surface area (Å²) in [5.74, 6) is -0.598. The van der Waals surface area contributed by atoms with Gasteiger partial charge >= 0.3 is 5.63 Å². The molecular weight excluding hydrogens is 312 g/mol. The Bertz CT molecular complexity index is 865. The van der Waals surface area contributed by atoms with Gasteiger partial charge in [-0.05, 0) is 23.6 Å². The van der Waals surface area contributed by atoms with Gasteiger partial charge in [-0.15, -0.1) is 0 Å². The lowest BCUT2D eigenvalue weighted by atomic mass is 9.81. The van der Waals surface area contributed by atoms with Crippen molar-refractivity contribution in [3.63, 3.8) is 0 Å². The fourth-order valence-corrected chi connectivity index (χ4v) is 3.28. The van der Waals surface area contributed by atoms with E-state index in [4.69, 9.17) is 4.42 Å². The van der Waals surface area contributed by atoms with Crippen LogP contribution in [0.4, 0.5) is 0 Å². The molecule has 1 atom stereocenters. The Morgan fingerprint density at radius 2 is 1.88 bits per heavy atom. The quantitative estimate of drug-likeness (QED) is 0.796. The van der Waals surface area contributed by atoms with E-state index in [1.807, 2.05) is 6.92 Å². The minimum absolute atomic E-state index is 0.0584. The van der Waals surface area contributed by atoms with Crippen LogP contribution in [0.15, 0.2) is 27.4 Å². The summed E-state index contributed by atoms with van der Waals surface area (Å²) in [5, 5.41) is 29.9. The largest absolute Gasteiger partial charge is 0.508 e.